The van der Waals surface area contributed by atoms with Gasteiger partial charge in [0.2, 0.25) is 5.91 Å². The van der Waals surface area contributed by atoms with Crippen LogP contribution in [0.5, 0.6) is 0 Å². The van der Waals surface area contributed by atoms with Crippen LogP contribution >= 0.6 is 23.7 Å². The van der Waals surface area contributed by atoms with E-state index in [4.69, 9.17) is 5.73 Å². The summed E-state index contributed by atoms with van der Waals surface area (Å²) < 4.78 is 0. The first kappa shape index (κ1) is 16.4. The molecule has 1 saturated heterocycles. The number of nitrogens with two attached hydrogens (primary N) is 1. The summed E-state index contributed by atoms with van der Waals surface area (Å²) in [7, 11) is 0. The third-order valence-corrected chi connectivity index (χ3v) is 4.07. The number of carbonyl (C=O) groups is 1. The van der Waals surface area contributed by atoms with Crippen LogP contribution in [0.3, 0.4) is 0 Å². The van der Waals surface area contributed by atoms with Gasteiger partial charge in [-0.05, 0) is 13.3 Å². The maximum atomic E-state index is 11.4. The van der Waals surface area contributed by atoms with Crippen LogP contribution in [0.1, 0.15) is 26.0 Å². The highest BCUT2D eigenvalue weighted by Crippen LogP contribution is 2.22. The molecule has 7 heteroatoms. The molecule has 1 aliphatic heterocycles. The molecule has 0 aliphatic carbocycles. The monoisotopic (exact) mass is 304 g/mol. The molecule has 0 saturated carbocycles. The number of thiazole rings is 1. The molecule has 19 heavy (non-hydrogen) atoms. The molecule has 1 atom stereocenters. The van der Waals surface area contributed by atoms with Crippen molar-refractivity contribution < 1.29 is 4.79 Å². The van der Waals surface area contributed by atoms with E-state index in [9.17, 15) is 4.79 Å². The fourth-order valence-corrected chi connectivity index (χ4v) is 3.14. The molecular formula is C12H21ClN4OS. The molecule has 108 valence electrons. The van der Waals surface area contributed by atoms with Crippen molar-refractivity contribution in [2.75, 3.05) is 24.5 Å². The maximum Gasteiger partial charge on any atom is 0.225 e. The lowest BCUT2D eigenvalue weighted by Crippen LogP contribution is -2.28. The molecule has 0 unspecified atom stereocenters. The fourth-order valence-electron chi connectivity index (χ4n) is 2.22. The molecule has 0 spiro atoms. The van der Waals surface area contributed by atoms with Crippen molar-refractivity contribution in [3.8, 4) is 0 Å². The predicted molar refractivity (Wildman–Crippen MR) is 80.9 cm³/mol. The minimum Gasteiger partial charge on any atom is -0.326 e. The molecule has 1 fully saturated rings. The second kappa shape index (κ2) is 7.19. The van der Waals surface area contributed by atoms with E-state index in [1.165, 1.54) is 11.3 Å². The van der Waals surface area contributed by atoms with Crippen molar-refractivity contribution in [2.45, 2.75) is 32.9 Å². The summed E-state index contributed by atoms with van der Waals surface area (Å²) in [6.07, 6.45) is 1.06. The Bertz CT molecular complexity index is 426. The van der Waals surface area contributed by atoms with Gasteiger partial charge in [0.05, 0.1) is 5.69 Å². The van der Waals surface area contributed by atoms with Crippen LogP contribution < -0.4 is 10.6 Å². The maximum absolute atomic E-state index is 11.4. The molecule has 1 amide bonds. The average molecular weight is 305 g/mol. The molecule has 2 heterocycles. The number of amides is 1. The third kappa shape index (κ3) is 4.14. The zero-order chi connectivity index (χ0) is 13.1. The molecule has 2 rings (SSSR count). The molecule has 1 aromatic heterocycles. The highest BCUT2D eigenvalue weighted by Gasteiger charge is 2.20. The number of likely N-dealkylation sites (tertiary alicyclic amines) is 1. The Kier molecular flexibility index (Phi) is 6.19. The number of rotatable bonds is 4. The summed E-state index contributed by atoms with van der Waals surface area (Å²) in [4.78, 5) is 20.0. The zero-order valence-corrected chi connectivity index (χ0v) is 13.0. The van der Waals surface area contributed by atoms with Crippen LogP contribution in [-0.4, -0.2) is 41.5 Å². The first-order chi connectivity index (χ1) is 8.60. The van der Waals surface area contributed by atoms with E-state index < -0.39 is 0 Å². The molecule has 1 aliphatic rings. The van der Waals surface area contributed by atoms with Gasteiger partial charge in [-0.1, -0.05) is 0 Å². The molecule has 5 nitrogen and oxygen atoms in total. The Morgan fingerprint density at radius 2 is 2.42 bits per heavy atom. The lowest BCUT2D eigenvalue weighted by atomic mass is 10.3. The van der Waals surface area contributed by atoms with E-state index in [1.54, 1.807) is 11.8 Å². The smallest absolute Gasteiger partial charge is 0.225 e. The molecular weight excluding hydrogens is 284 g/mol. The van der Waals surface area contributed by atoms with Gasteiger partial charge in [0.25, 0.3) is 0 Å². The Labute approximate surface area is 124 Å². The Morgan fingerprint density at radius 1 is 1.68 bits per heavy atom. The van der Waals surface area contributed by atoms with E-state index >= 15 is 0 Å². The largest absolute Gasteiger partial charge is 0.326 e. The SMILES string of the molecule is CCN(C(C)=O)c1nc(CN2CC[C@H](N)C2)cs1.Cl. The number of hydrogen-bond donors (Lipinski definition) is 1. The van der Waals surface area contributed by atoms with Crippen LogP contribution in [0, 0.1) is 0 Å². The van der Waals surface area contributed by atoms with Gasteiger partial charge >= 0.3 is 0 Å². The van der Waals surface area contributed by atoms with Crippen molar-refractivity contribution in [2.24, 2.45) is 5.73 Å². The summed E-state index contributed by atoms with van der Waals surface area (Å²) in [6, 6.07) is 0.299. The highest BCUT2D eigenvalue weighted by molar-refractivity contribution is 7.14. The molecule has 2 N–H and O–H groups in total. The van der Waals surface area contributed by atoms with Crippen molar-refractivity contribution in [3.05, 3.63) is 11.1 Å². The standard InChI is InChI=1S/C12H20N4OS.ClH/c1-3-16(9(2)17)12-14-11(8-18-12)7-15-5-4-10(13)6-15;/h8,10H,3-7,13H2,1-2H3;1H/t10-;/m0./s1. The van der Waals surface area contributed by atoms with E-state index in [0.717, 1.165) is 36.9 Å². The van der Waals surface area contributed by atoms with Crippen LogP contribution in [0.4, 0.5) is 5.13 Å². The Morgan fingerprint density at radius 3 is 2.95 bits per heavy atom. The van der Waals surface area contributed by atoms with Gasteiger partial charge in [-0.15, -0.1) is 23.7 Å². The van der Waals surface area contributed by atoms with Crippen LogP contribution in [0.15, 0.2) is 5.38 Å². The average Bonchev–Trinajstić information content (AvgIpc) is 2.90. The first-order valence-corrected chi connectivity index (χ1v) is 7.18. The van der Waals surface area contributed by atoms with Crippen LogP contribution in [0.2, 0.25) is 0 Å². The minimum atomic E-state index is 0. The van der Waals surface area contributed by atoms with Crippen LogP contribution in [-0.2, 0) is 11.3 Å². The second-order valence-electron chi connectivity index (χ2n) is 4.67. The van der Waals surface area contributed by atoms with Gasteiger partial charge in [0.1, 0.15) is 0 Å². The number of nitrogens with zero attached hydrogens (tertiary/aromatic N) is 3. The van der Waals surface area contributed by atoms with Gasteiger partial charge in [-0.25, -0.2) is 4.98 Å². The molecule has 1 aromatic rings. The Balaban J connectivity index is 0.00000180. The van der Waals surface area contributed by atoms with Gasteiger partial charge in [-0.3, -0.25) is 14.6 Å². The summed E-state index contributed by atoms with van der Waals surface area (Å²) in [5.41, 5.74) is 6.91. The first-order valence-electron chi connectivity index (χ1n) is 6.30. The van der Waals surface area contributed by atoms with Gasteiger partial charge in [0.15, 0.2) is 5.13 Å². The van der Waals surface area contributed by atoms with E-state index in [1.807, 2.05) is 12.3 Å². The van der Waals surface area contributed by atoms with E-state index in [0.29, 0.717) is 12.6 Å². The van der Waals surface area contributed by atoms with Gasteiger partial charge in [-0.2, -0.15) is 0 Å². The lowest BCUT2D eigenvalue weighted by Gasteiger charge is -2.15. The van der Waals surface area contributed by atoms with Gasteiger partial charge in [0, 0.05) is 44.5 Å². The number of carbonyl (C=O) groups excluding carboxylic acids is 1. The van der Waals surface area contributed by atoms with Crippen molar-refractivity contribution in [3.63, 3.8) is 0 Å². The minimum absolute atomic E-state index is 0. The molecule has 0 radical (unpaired) electrons. The summed E-state index contributed by atoms with van der Waals surface area (Å²) >= 11 is 1.53. The fraction of sp³-hybridized carbons (Fsp3) is 0.667. The van der Waals surface area contributed by atoms with Crippen molar-refractivity contribution >= 4 is 34.8 Å². The highest BCUT2D eigenvalue weighted by atomic mass is 35.5. The second-order valence-corrected chi connectivity index (χ2v) is 5.51. The topological polar surface area (TPSA) is 62.5 Å². The number of halogens is 1. The van der Waals surface area contributed by atoms with E-state index in [2.05, 4.69) is 9.88 Å². The summed E-state index contributed by atoms with van der Waals surface area (Å²) in [6.45, 7) is 7.01. The lowest BCUT2D eigenvalue weighted by molar-refractivity contribution is -0.116. The number of anilines is 1. The summed E-state index contributed by atoms with van der Waals surface area (Å²) in [5.74, 6) is 0.0431. The zero-order valence-electron chi connectivity index (χ0n) is 11.3. The van der Waals surface area contributed by atoms with Crippen molar-refractivity contribution in [1.82, 2.24) is 9.88 Å². The summed E-state index contributed by atoms with van der Waals surface area (Å²) in [5, 5.41) is 2.83. The normalized spacial score (nSPS) is 19.2. The number of hydrogen-bond acceptors (Lipinski definition) is 5. The Hall–Kier alpha value is -0.690. The van der Waals surface area contributed by atoms with Gasteiger partial charge < -0.3 is 5.73 Å². The van der Waals surface area contributed by atoms with Crippen molar-refractivity contribution in [1.29, 1.82) is 0 Å². The van der Waals surface area contributed by atoms with E-state index in [-0.39, 0.29) is 18.3 Å². The molecule has 0 aromatic carbocycles. The van der Waals surface area contributed by atoms with Crippen LogP contribution in [0.25, 0.3) is 0 Å². The predicted octanol–water partition coefficient (Wildman–Crippen LogP) is 1.47. The molecule has 0 bridgehead atoms. The third-order valence-electron chi connectivity index (χ3n) is 3.16. The number of aromatic nitrogens is 1. The quantitative estimate of drug-likeness (QED) is 0.915.